The van der Waals surface area contributed by atoms with Gasteiger partial charge in [0.05, 0.1) is 22.2 Å². The Morgan fingerprint density at radius 1 is 1.35 bits per heavy atom. The number of halogens is 2. The van der Waals surface area contributed by atoms with Gasteiger partial charge >= 0.3 is 5.69 Å². The minimum Gasteiger partial charge on any atom is -0.487 e. The summed E-state index contributed by atoms with van der Waals surface area (Å²) in [6.45, 7) is 1.96. The Labute approximate surface area is 136 Å². The fourth-order valence-corrected chi connectivity index (χ4v) is 2.08. The van der Waals surface area contributed by atoms with Crippen LogP contribution in [0.4, 0.5) is 15.8 Å². The van der Waals surface area contributed by atoms with Gasteiger partial charge in [0, 0.05) is 11.6 Å². The predicted octanol–water partition coefficient (Wildman–Crippen LogP) is 4.04. The normalized spacial score (nSPS) is 10.2. The average molecular weight is 339 g/mol. The van der Waals surface area contributed by atoms with Crippen molar-refractivity contribution >= 4 is 28.9 Å². The van der Waals surface area contributed by atoms with E-state index in [1.54, 1.807) is 6.92 Å². The van der Waals surface area contributed by atoms with E-state index >= 15 is 0 Å². The Morgan fingerprint density at radius 2 is 2.09 bits per heavy atom. The van der Waals surface area contributed by atoms with Crippen molar-refractivity contribution in [1.29, 1.82) is 0 Å². The largest absolute Gasteiger partial charge is 0.487 e. The van der Waals surface area contributed by atoms with Crippen LogP contribution in [0.5, 0.6) is 5.75 Å². The zero-order chi connectivity index (χ0) is 17.0. The summed E-state index contributed by atoms with van der Waals surface area (Å²) in [7, 11) is 0. The molecular weight excluding hydrogens is 327 g/mol. The summed E-state index contributed by atoms with van der Waals surface area (Å²) in [5.74, 6) is -1.07. The molecule has 6 nitrogen and oxygen atoms in total. The molecule has 0 radical (unpaired) electrons. The maximum atomic E-state index is 13.0. The van der Waals surface area contributed by atoms with Crippen molar-refractivity contribution in [2.24, 2.45) is 0 Å². The summed E-state index contributed by atoms with van der Waals surface area (Å²) >= 11 is 5.83. The Hall–Kier alpha value is -2.67. The highest BCUT2D eigenvalue weighted by atomic mass is 35.5. The summed E-state index contributed by atoms with van der Waals surface area (Å²) in [5.41, 5.74) is -0.0557. The Morgan fingerprint density at radius 3 is 2.70 bits per heavy atom. The molecule has 2 aromatic rings. The van der Waals surface area contributed by atoms with E-state index < -0.39 is 16.6 Å². The van der Waals surface area contributed by atoms with E-state index in [-0.39, 0.29) is 34.3 Å². The summed E-state index contributed by atoms with van der Waals surface area (Å²) in [6, 6.07) is 7.35. The maximum absolute atomic E-state index is 13.0. The van der Waals surface area contributed by atoms with E-state index in [9.17, 15) is 19.3 Å². The van der Waals surface area contributed by atoms with Gasteiger partial charge < -0.3 is 10.1 Å². The van der Waals surface area contributed by atoms with E-state index in [4.69, 9.17) is 16.3 Å². The van der Waals surface area contributed by atoms with E-state index in [1.165, 1.54) is 18.2 Å². The molecule has 0 unspecified atom stereocenters. The van der Waals surface area contributed by atoms with Crippen molar-refractivity contribution in [1.82, 2.24) is 0 Å². The van der Waals surface area contributed by atoms with Gasteiger partial charge in [-0.3, -0.25) is 14.9 Å². The van der Waals surface area contributed by atoms with Gasteiger partial charge in [0.25, 0.3) is 5.91 Å². The van der Waals surface area contributed by atoms with Crippen LogP contribution in [-0.2, 0) is 0 Å². The minimum absolute atomic E-state index is 0.0267. The Kier molecular flexibility index (Phi) is 5.13. The number of amides is 1. The van der Waals surface area contributed by atoms with Gasteiger partial charge in [-0.25, -0.2) is 4.39 Å². The number of carbonyl (C=O) groups is 1. The molecule has 0 aliphatic heterocycles. The van der Waals surface area contributed by atoms with Crippen LogP contribution in [0.3, 0.4) is 0 Å². The second-order valence-corrected chi connectivity index (χ2v) is 4.86. The summed E-state index contributed by atoms with van der Waals surface area (Å²) in [4.78, 5) is 22.6. The van der Waals surface area contributed by atoms with Gasteiger partial charge in [-0.05, 0) is 37.3 Å². The topological polar surface area (TPSA) is 81.5 Å². The second-order valence-electron chi connectivity index (χ2n) is 4.45. The number of carbonyl (C=O) groups excluding carboxylic acids is 1. The lowest BCUT2D eigenvalue weighted by molar-refractivity contribution is -0.385. The van der Waals surface area contributed by atoms with Gasteiger partial charge in [-0.2, -0.15) is 0 Å². The first-order valence-corrected chi connectivity index (χ1v) is 6.97. The van der Waals surface area contributed by atoms with Crippen LogP contribution >= 0.6 is 11.6 Å². The van der Waals surface area contributed by atoms with Crippen LogP contribution < -0.4 is 10.1 Å². The van der Waals surface area contributed by atoms with Crippen molar-refractivity contribution in [2.75, 3.05) is 11.9 Å². The molecule has 0 atom stereocenters. The highest BCUT2D eigenvalue weighted by molar-refractivity contribution is 6.33. The summed E-state index contributed by atoms with van der Waals surface area (Å²) in [6.07, 6.45) is 0. The van der Waals surface area contributed by atoms with Crippen LogP contribution in [0.15, 0.2) is 36.4 Å². The van der Waals surface area contributed by atoms with Crippen molar-refractivity contribution in [3.63, 3.8) is 0 Å². The van der Waals surface area contributed by atoms with Crippen LogP contribution in [0.25, 0.3) is 0 Å². The molecule has 23 heavy (non-hydrogen) atoms. The zero-order valence-electron chi connectivity index (χ0n) is 12.0. The molecule has 1 amide bonds. The first-order chi connectivity index (χ1) is 10.9. The van der Waals surface area contributed by atoms with Crippen molar-refractivity contribution < 1.29 is 18.8 Å². The number of nitro benzene ring substituents is 1. The number of ether oxygens (including phenoxy) is 1. The van der Waals surface area contributed by atoms with Crippen molar-refractivity contribution in [3.05, 3.63) is 62.9 Å². The molecular formula is C15H12ClFN2O4. The first-order valence-electron chi connectivity index (χ1n) is 6.60. The molecule has 8 heteroatoms. The average Bonchev–Trinajstić information content (AvgIpc) is 2.50. The lowest BCUT2D eigenvalue weighted by atomic mass is 10.1. The molecule has 0 saturated heterocycles. The fourth-order valence-electron chi connectivity index (χ4n) is 1.86. The Balaban J connectivity index is 2.28. The van der Waals surface area contributed by atoms with Crippen molar-refractivity contribution in [3.8, 4) is 5.75 Å². The second kappa shape index (κ2) is 7.06. The number of nitrogens with zero attached hydrogens (tertiary/aromatic N) is 1. The first kappa shape index (κ1) is 16.7. The van der Waals surface area contributed by atoms with Crippen LogP contribution in [0, 0.1) is 15.9 Å². The molecule has 0 aliphatic rings. The molecule has 0 fully saturated rings. The molecule has 0 bridgehead atoms. The molecule has 0 saturated carbocycles. The third-order valence-electron chi connectivity index (χ3n) is 2.90. The summed E-state index contributed by atoms with van der Waals surface area (Å²) in [5, 5.41) is 13.5. The number of anilines is 1. The van der Waals surface area contributed by atoms with Crippen LogP contribution in [-0.4, -0.2) is 17.4 Å². The number of rotatable bonds is 5. The third-order valence-corrected chi connectivity index (χ3v) is 3.21. The van der Waals surface area contributed by atoms with Crippen LogP contribution in [0.1, 0.15) is 17.3 Å². The van der Waals surface area contributed by atoms with Gasteiger partial charge in [-0.15, -0.1) is 0 Å². The van der Waals surface area contributed by atoms with Gasteiger partial charge in [0.15, 0.2) is 5.75 Å². The van der Waals surface area contributed by atoms with Gasteiger partial charge in [-0.1, -0.05) is 11.6 Å². The highest BCUT2D eigenvalue weighted by Crippen LogP contribution is 2.29. The Bertz CT molecular complexity index is 767. The van der Waals surface area contributed by atoms with Crippen molar-refractivity contribution in [2.45, 2.75) is 6.92 Å². The molecule has 2 aromatic carbocycles. The number of hydrogen-bond acceptors (Lipinski definition) is 4. The van der Waals surface area contributed by atoms with E-state index in [0.717, 1.165) is 18.2 Å². The van der Waals surface area contributed by atoms with Gasteiger partial charge in [0.2, 0.25) is 0 Å². The molecule has 0 aliphatic carbocycles. The highest BCUT2D eigenvalue weighted by Gasteiger charge is 2.19. The smallest absolute Gasteiger partial charge is 0.311 e. The maximum Gasteiger partial charge on any atom is 0.311 e. The molecule has 120 valence electrons. The van der Waals surface area contributed by atoms with E-state index in [0.29, 0.717) is 0 Å². The predicted molar refractivity (Wildman–Crippen MR) is 83.6 cm³/mol. The minimum atomic E-state index is -0.632. The quantitative estimate of drug-likeness (QED) is 0.659. The monoisotopic (exact) mass is 338 g/mol. The van der Waals surface area contributed by atoms with E-state index in [1.807, 2.05) is 0 Å². The standard InChI is InChI=1S/C15H12ClFN2O4/c1-2-23-14-6-3-9(7-13(14)19(21)22)15(20)18-12-5-4-10(17)8-11(12)16/h3-8H,2H2,1H3,(H,18,20). The molecule has 0 heterocycles. The molecule has 0 aromatic heterocycles. The molecule has 2 rings (SSSR count). The fraction of sp³-hybridized carbons (Fsp3) is 0.133. The number of nitrogens with one attached hydrogen (secondary N) is 1. The lowest BCUT2D eigenvalue weighted by Crippen LogP contribution is -2.13. The zero-order valence-corrected chi connectivity index (χ0v) is 12.8. The lowest BCUT2D eigenvalue weighted by Gasteiger charge is -2.09. The molecule has 0 spiro atoms. The van der Waals surface area contributed by atoms with E-state index in [2.05, 4.69) is 5.32 Å². The number of nitro groups is 1. The number of hydrogen-bond donors (Lipinski definition) is 1. The SMILES string of the molecule is CCOc1ccc(C(=O)Nc2ccc(F)cc2Cl)cc1[N+](=O)[O-]. The molecule has 1 N–H and O–H groups in total. The third kappa shape index (κ3) is 3.95. The van der Waals surface area contributed by atoms with Gasteiger partial charge in [0.1, 0.15) is 5.82 Å². The summed E-state index contributed by atoms with van der Waals surface area (Å²) < 4.78 is 18.1. The van der Waals surface area contributed by atoms with Crippen LogP contribution in [0.2, 0.25) is 5.02 Å². The number of benzene rings is 2.